The summed E-state index contributed by atoms with van der Waals surface area (Å²) in [5.41, 5.74) is 2.66. The first-order valence-electron chi connectivity index (χ1n) is 5.66. The van der Waals surface area contributed by atoms with Crippen molar-refractivity contribution in [3.05, 3.63) is 46.3 Å². The fourth-order valence-electron chi connectivity index (χ4n) is 1.88. The van der Waals surface area contributed by atoms with Crippen LogP contribution in [0.4, 0.5) is 11.5 Å². The number of hydrogen-bond acceptors (Lipinski definition) is 3. The molecule has 19 heavy (non-hydrogen) atoms. The number of aryl methyl sites for hydroxylation is 1. The molecule has 96 valence electrons. The second kappa shape index (κ2) is 4.72. The van der Waals surface area contributed by atoms with Gasteiger partial charge in [0.2, 0.25) is 0 Å². The molecule has 0 bridgehead atoms. The summed E-state index contributed by atoms with van der Waals surface area (Å²) in [6.07, 6.45) is 1.51. The maximum absolute atomic E-state index is 5.99. The van der Waals surface area contributed by atoms with Gasteiger partial charge < -0.3 is 10.3 Å². The first kappa shape index (κ1) is 12.3. The predicted molar refractivity (Wildman–Crippen MR) is 78.4 cm³/mol. The van der Waals surface area contributed by atoms with Gasteiger partial charge in [-0.3, -0.25) is 0 Å². The summed E-state index contributed by atoms with van der Waals surface area (Å²) in [5.74, 6) is 0.729. The van der Waals surface area contributed by atoms with Crippen molar-refractivity contribution in [1.82, 2.24) is 15.0 Å². The summed E-state index contributed by atoms with van der Waals surface area (Å²) in [7, 11) is 0. The van der Waals surface area contributed by atoms with Crippen LogP contribution in [0.15, 0.2) is 30.6 Å². The molecule has 2 heterocycles. The van der Waals surface area contributed by atoms with Crippen LogP contribution in [0.25, 0.3) is 11.0 Å². The zero-order valence-electron chi connectivity index (χ0n) is 10.0. The SMILES string of the molecule is Cc1cc2c(Nc3ccc(Cl)c(Cl)c3)ncnc2[nH]1. The quantitative estimate of drug-likeness (QED) is 0.740. The Labute approximate surface area is 119 Å². The van der Waals surface area contributed by atoms with Crippen LogP contribution in [-0.2, 0) is 0 Å². The van der Waals surface area contributed by atoms with Crippen LogP contribution in [0.1, 0.15) is 5.69 Å². The molecule has 0 amide bonds. The molecule has 1 aromatic carbocycles. The highest BCUT2D eigenvalue weighted by Gasteiger charge is 2.07. The van der Waals surface area contributed by atoms with E-state index >= 15 is 0 Å². The van der Waals surface area contributed by atoms with Crippen LogP contribution in [0.2, 0.25) is 10.0 Å². The molecule has 2 N–H and O–H groups in total. The number of nitrogens with zero attached hydrogens (tertiary/aromatic N) is 2. The number of fused-ring (bicyclic) bond motifs is 1. The number of benzene rings is 1. The van der Waals surface area contributed by atoms with E-state index < -0.39 is 0 Å². The van der Waals surface area contributed by atoms with Crippen LogP contribution < -0.4 is 5.32 Å². The minimum absolute atomic E-state index is 0.502. The van der Waals surface area contributed by atoms with Crippen LogP contribution >= 0.6 is 23.2 Å². The van der Waals surface area contributed by atoms with Crippen molar-refractivity contribution in [3.8, 4) is 0 Å². The van der Waals surface area contributed by atoms with E-state index in [4.69, 9.17) is 23.2 Å². The Morgan fingerprint density at radius 3 is 2.74 bits per heavy atom. The smallest absolute Gasteiger partial charge is 0.143 e. The number of aromatic nitrogens is 3. The van der Waals surface area contributed by atoms with Gasteiger partial charge in [0.25, 0.3) is 0 Å². The lowest BCUT2D eigenvalue weighted by Gasteiger charge is -2.07. The van der Waals surface area contributed by atoms with Gasteiger partial charge >= 0.3 is 0 Å². The second-order valence-electron chi connectivity index (χ2n) is 4.19. The molecule has 0 spiro atoms. The number of hydrogen-bond donors (Lipinski definition) is 2. The van der Waals surface area contributed by atoms with Crippen LogP contribution in [0.3, 0.4) is 0 Å². The van der Waals surface area contributed by atoms with E-state index in [1.807, 2.05) is 19.1 Å². The third-order valence-electron chi connectivity index (χ3n) is 2.74. The number of halogens is 2. The summed E-state index contributed by atoms with van der Waals surface area (Å²) in [5, 5.41) is 5.18. The largest absolute Gasteiger partial charge is 0.343 e. The molecule has 6 heteroatoms. The molecule has 3 aromatic rings. The van der Waals surface area contributed by atoms with Crippen molar-refractivity contribution in [2.75, 3.05) is 5.32 Å². The summed E-state index contributed by atoms with van der Waals surface area (Å²) >= 11 is 11.9. The Morgan fingerprint density at radius 1 is 1.11 bits per heavy atom. The Hall–Kier alpha value is -1.78. The minimum Gasteiger partial charge on any atom is -0.343 e. The van der Waals surface area contributed by atoms with Crippen molar-refractivity contribution < 1.29 is 0 Å². The fraction of sp³-hybridized carbons (Fsp3) is 0.0769. The van der Waals surface area contributed by atoms with E-state index in [2.05, 4.69) is 20.3 Å². The molecule has 0 saturated heterocycles. The highest BCUT2D eigenvalue weighted by molar-refractivity contribution is 6.42. The molecule has 0 aliphatic rings. The molecule has 0 saturated carbocycles. The fourth-order valence-corrected chi connectivity index (χ4v) is 2.18. The van der Waals surface area contributed by atoms with Gasteiger partial charge in [-0.05, 0) is 31.2 Å². The second-order valence-corrected chi connectivity index (χ2v) is 5.01. The number of H-pyrrole nitrogens is 1. The van der Waals surface area contributed by atoms with Gasteiger partial charge in [0.15, 0.2) is 0 Å². The van der Waals surface area contributed by atoms with Crippen LogP contribution in [0.5, 0.6) is 0 Å². The molecule has 2 aromatic heterocycles. The monoisotopic (exact) mass is 292 g/mol. The predicted octanol–water partition coefficient (Wildman–Crippen LogP) is 4.32. The lowest BCUT2D eigenvalue weighted by atomic mass is 10.3. The summed E-state index contributed by atoms with van der Waals surface area (Å²) in [6, 6.07) is 7.35. The van der Waals surface area contributed by atoms with E-state index in [9.17, 15) is 0 Å². The maximum atomic E-state index is 5.99. The third kappa shape index (κ3) is 2.37. The highest BCUT2D eigenvalue weighted by Crippen LogP contribution is 2.28. The van der Waals surface area contributed by atoms with Crippen molar-refractivity contribution >= 4 is 45.7 Å². The van der Waals surface area contributed by atoms with Crippen molar-refractivity contribution in [1.29, 1.82) is 0 Å². The zero-order valence-corrected chi connectivity index (χ0v) is 11.5. The molecule has 0 aliphatic heterocycles. The lowest BCUT2D eigenvalue weighted by Crippen LogP contribution is -1.95. The molecular formula is C13H10Cl2N4. The normalized spacial score (nSPS) is 10.9. The molecule has 0 fully saturated rings. The van der Waals surface area contributed by atoms with E-state index in [0.717, 1.165) is 28.2 Å². The van der Waals surface area contributed by atoms with Gasteiger partial charge in [-0.2, -0.15) is 0 Å². The molecule has 0 unspecified atom stereocenters. The minimum atomic E-state index is 0.502. The average Bonchev–Trinajstić information content (AvgIpc) is 2.75. The van der Waals surface area contributed by atoms with Gasteiger partial charge in [0, 0.05) is 11.4 Å². The van der Waals surface area contributed by atoms with Gasteiger partial charge in [-0.25, -0.2) is 9.97 Å². The summed E-state index contributed by atoms with van der Waals surface area (Å²) in [4.78, 5) is 11.6. The Balaban J connectivity index is 2.02. The summed E-state index contributed by atoms with van der Waals surface area (Å²) < 4.78 is 0. The van der Waals surface area contributed by atoms with Gasteiger partial charge in [0.1, 0.15) is 17.8 Å². The Bertz CT molecular complexity index is 751. The number of aromatic amines is 1. The van der Waals surface area contributed by atoms with E-state index in [-0.39, 0.29) is 0 Å². The summed E-state index contributed by atoms with van der Waals surface area (Å²) in [6.45, 7) is 1.98. The van der Waals surface area contributed by atoms with E-state index in [1.54, 1.807) is 12.1 Å². The topological polar surface area (TPSA) is 53.6 Å². The first-order valence-corrected chi connectivity index (χ1v) is 6.41. The van der Waals surface area contributed by atoms with E-state index in [1.165, 1.54) is 6.33 Å². The first-order chi connectivity index (χ1) is 9.13. The Morgan fingerprint density at radius 2 is 1.95 bits per heavy atom. The molecule has 0 aliphatic carbocycles. The standard InChI is InChI=1S/C13H10Cl2N4/c1-7-4-9-12(18-7)16-6-17-13(9)19-8-2-3-10(14)11(15)5-8/h2-6H,1H3,(H2,16,17,18,19). The van der Waals surface area contributed by atoms with Gasteiger partial charge in [-0.15, -0.1) is 0 Å². The van der Waals surface area contributed by atoms with Gasteiger partial charge in [0.05, 0.1) is 15.4 Å². The van der Waals surface area contributed by atoms with Crippen molar-refractivity contribution in [2.45, 2.75) is 6.92 Å². The Kier molecular flexibility index (Phi) is 3.05. The third-order valence-corrected chi connectivity index (χ3v) is 3.48. The average molecular weight is 293 g/mol. The molecule has 3 rings (SSSR count). The zero-order chi connectivity index (χ0) is 13.4. The number of rotatable bonds is 2. The van der Waals surface area contributed by atoms with Crippen molar-refractivity contribution in [2.24, 2.45) is 0 Å². The molecule has 4 nitrogen and oxygen atoms in total. The maximum Gasteiger partial charge on any atom is 0.143 e. The molecule has 0 radical (unpaired) electrons. The van der Waals surface area contributed by atoms with Crippen LogP contribution in [0, 0.1) is 6.92 Å². The van der Waals surface area contributed by atoms with Gasteiger partial charge in [-0.1, -0.05) is 23.2 Å². The number of anilines is 2. The molecule has 0 atom stereocenters. The van der Waals surface area contributed by atoms with Crippen molar-refractivity contribution in [3.63, 3.8) is 0 Å². The molecular weight excluding hydrogens is 283 g/mol. The highest BCUT2D eigenvalue weighted by atomic mass is 35.5. The van der Waals surface area contributed by atoms with Crippen LogP contribution in [-0.4, -0.2) is 15.0 Å². The number of nitrogens with one attached hydrogen (secondary N) is 2. The lowest BCUT2D eigenvalue weighted by molar-refractivity contribution is 1.18. The van der Waals surface area contributed by atoms with E-state index in [0.29, 0.717) is 10.0 Å².